The third-order valence-corrected chi connectivity index (χ3v) is 4.11. The van der Waals surface area contributed by atoms with Crippen LogP contribution in [0.4, 0.5) is 11.4 Å². The normalized spacial score (nSPS) is 14.7. The van der Waals surface area contributed by atoms with Crippen molar-refractivity contribution in [2.45, 2.75) is 0 Å². The SMILES string of the molecule is O=C1C(Cl)=C(Nc2ccccc2)C(=O)N1c1ccc(Cl)cc1Cl. The van der Waals surface area contributed by atoms with E-state index in [4.69, 9.17) is 34.8 Å². The molecule has 116 valence electrons. The standard InChI is InChI=1S/C16H9Cl3N2O2/c17-9-6-7-12(11(18)8-9)21-15(22)13(19)14(16(21)23)20-10-4-2-1-3-5-10/h1-8,20H. The first-order valence-electron chi connectivity index (χ1n) is 6.54. The first-order valence-corrected chi connectivity index (χ1v) is 7.68. The minimum atomic E-state index is -0.640. The topological polar surface area (TPSA) is 49.4 Å². The molecule has 1 N–H and O–H groups in total. The van der Waals surface area contributed by atoms with Gasteiger partial charge in [-0.25, -0.2) is 4.90 Å². The lowest BCUT2D eigenvalue weighted by Gasteiger charge is -2.16. The van der Waals surface area contributed by atoms with Gasteiger partial charge >= 0.3 is 0 Å². The molecule has 0 aromatic heterocycles. The van der Waals surface area contributed by atoms with Gasteiger partial charge in [0.15, 0.2) is 0 Å². The molecule has 1 aliphatic rings. The first kappa shape index (κ1) is 15.9. The van der Waals surface area contributed by atoms with Crippen LogP contribution in [-0.2, 0) is 9.59 Å². The number of nitrogens with zero attached hydrogens (tertiary/aromatic N) is 1. The van der Waals surface area contributed by atoms with Crippen LogP contribution in [0.5, 0.6) is 0 Å². The second kappa shape index (κ2) is 6.24. The van der Waals surface area contributed by atoms with Crippen molar-refractivity contribution in [2.24, 2.45) is 0 Å². The van der Waals surface area contributed by atoms with Gasteiger partial charge < -0.3 is 5.32 Å². The number of hydrogen-bond acceptors (Lipinski definition) is 3. The molecule has 4 nitrogen and oxygen atoms in total. The molecule has 0 fully saturated rings. The molecule has 2 amide bonds. The summed E-state index contributed by atoms with van der Waals surface area (Å²) in [5.41, 5.74) is 0.883. The second-order valence-electron chi connectivity index (χ2n) is 4.72. The fraction of sp³-hybridized carbons (Fsp3) is 0. The molecule has 3 rings (SSSR count). The van der Waals surface area contributed by atoms with Gasteiger partial charge in [0.1, 0.15) is 10.7 Å². The van der Waals surface area contributed by atoms with Crippen LogP contribution in [-0.4, -0.2) is 11.8 Å². The maximum Gasteiger partial charge on any atom is 0.283 e. The lowest BCUT2D eigenvalue weighted by Crippen LogP contribution is -2.32. The van der Waals surface area contributed by atoms with Gasteiger partial charge in [-0.1, -0.05) is 53.0 Å². The van der Waals surface area contributed by atoms with Crippen LogP contribution in [0.3, 0.4) is 0 Å². The molecule has 0 saturated heterocycles. The summed E-state index contributed by atoms with van der Waals surface area (Å²) in [5.74, 6) is -1.22. The Morgan fingerprint density at radius 2 is 1.57 bits per heavy atom. The summed E-state index contributed by atoms with van der Waals surface area (Å²) in [6.45, 7) is 0. The van der Waals surface area contributed by atoms with Crippen molar-refractivity contribution in [1.29, 1.82) is 0 Å². The number of benzene rings is 2. The molecule has 1 heterocycles. The molecule has 2 aromatic rings. The van der Waals surface area contributed by atoms with Gasteiger partial charge in [-0.2, -0.15) is 0 Å². The maximum absolute atomic E-state index is 12.6. The molecule has 0 atom stereocenters. The highest BCUT2D eigenvalue weighted by Gasteiger charge is 2.39. The summed E-state index contributed by atoms with van der Waals surface area (Å²) in [6, 6.07) is 13.4. The molecule has 0 radical (unpaired) electrons. The van der Waals surface area contributed by atoms with E-state index in [-0.39, 0.29) is 21.4 Å². The van der Waals surface area contributed by atoms with E-state index >= 15 is 0 Å². The van der Waals surface area contributed by atoms with Crippen LogP contribution in [0.25, 0.3) is 0 Å². The Bertz CT molecular complexity index is 834. The number of hydrogen-bond donors (Lipinski definition) is 1. The lowest BCUT2D eigenvalue weighted by atomic mass is 10.3. The minimum absolute atomic E-state index is 0.00823. The molecule has 7 heteroatoms. The van der Waals surface area contributed by atoms with Crippen molar-refractivity contribution in [3.05, 3.63) is 69.3 Å². The highest BCUT2D eigenvalue weighted by molar-refractivity contribution is 6.53. The molecule has 0 aliphatic carbocycles. The Morgan fingerprint density at radius 3 is 2.22 bits per heavy atom. The van der Waals surface area contributed by atoms with E-state index in [9.17, 15) is 9.59 Å². The molecule has 2 aromatic carbocycles. The predicted molar refractivity (Wildman–Crippen MR) is 91.9 cm³/mol. The number of rotatable bonds is 3. The lowest BCUT2D eigenvalue weighted by molar-refractivity contribution is -0.120. The number of para-hydroxylation sites is 1. The average molecular weight is 368 g/mol. The summed E-state index contributed by atoms with van der Waals surface area (Å²) in [6.07, 6.45) is 0. The number of carbonyl (C=O) groups is 2. The fourth-order valence-electron chi connectivity index (χ4n) is 2.16. The van der Waals surface area contributed by atoms with Gasteiger partial charge in [-0.3, -0.25) is 9.59 Å². The first-order chi connectivity index (χ1) is 11.0. The van der Waals surface area contributed by atoms with Gasteiger partial charge in [0, 0.05) is 10.7 Å². The Labute approximate surface area is 147 Å². The summed E-state index contributed by atoms with van der Waals surface area (Å²) >= 11 is 18.0. The third-order valence-electron chi connectivity index (χ3n) is 3.22. The molecule has 23 heavy (non-hydrogen) atoms. The summed E-state index contributed by atoms with van der Waals surface area (Å²) in [7, 11) is 0. The molecular formula is C16H9Cl3N2O2. The molecule has 0 spiro atoms. The van der Waals surface area contributed by atoms with Crippen LogP contribution in [0.15, 0.2) is 59.3 Å². The van der Waals surface area contributed by atoms with Gasteiger partial charge in [0.25, 0.3) is 11.8 Å². The van der Waals surface area contributed by atoms with Crippen molar-refractivity contribution >= 4 is 58.0 Å². The highest BCUT2D eigenvalue weighted by atomic mass is 35.5. The zero-order chi connectivity index (χ0) is 16.6. The Morgan fingerprint density at radius 1 is 0.870 bits per heavy atom. The average Bonchev–Trinajstić information content (AvgIpc) is 2.73. The third kappa shape index (κ3) is 2.93. The van der Waals surface area contributed by atoms with Gasteiger partial charge in [-0.05, 0) is 30.3 Å². The van der Waals surface area contributed by atoms with Crippen molar-refractivity contribution in [1.82, 2.24) is 0 Å². The second-order valence-corrected chi connectivity index (χ2v) is 5.94. The van der Waals surface area contributed by atoms with Gasteiger partial charge in [0.2, 0.25) is 0 Å². The van der Waals surface area contributed by atoms with Crippen molar-refractivity contribution in [3.63, 3.8) is 0 Å². The van der Waals surface area contributed by atoms with E-state index in [0.29, 0.717) is 10.7 Å². The number of nitrogens with one attached hydrogen (secondary N) is 1. The maximum atomic E-state index is 12.6. The number of amides is 2. The quantitative estimate of drug-likeness (QED) is 0.817. The Hall–Kier alpha value is -2.01. The monoisotopic (exact) mass is 366 g/mol. The van der Waals surface area contributed by atoms with Crippen LogP contribution in [0.1, 0.15) is 0 Å². The fourth-order valence-corrected chi connectivity index (χ4v) is 2.86. The van der Waals surface area contributed by atoms with Gasteiger partial charge in [0.05, 0.1) is 10.7 Å². The van der Waals surface area contributed by atoms with E-state index < -0.39 is 11.8 Å². The van der Waals surface area contributed by atoms with E-state index in [1.54, 1.807) is 30.3 Å². The number of imide groups is 1. The number of anilines is 2. The van der Waals surface area contributed by atoms with E-state index in [2.05, 4.69) is 5.32 Å². The van der Waals surface area contributed by atoms with E-state index in [1.807, 2.05) is 6.07 Å². The summed E-state index contributed by atoms with van der Waals surface area (Å²) < 4.78 is 0. The van der Waals surface area contributed by atoms with Crippen LogP contribution in [0, 0.1) is 0 Å². The number of carbonyl (C=O) groups excluding carboxylic acids is 2. The van der Waals surface area contributed by atoms with E-state index in [0.717, 1.165) is 4.90 Å². The highest BCUT2D eigenvalue weighted by Crippen LogP contribution is 2.35. The summed E-state index contributed by atoms with van der Waals surface area (Å²) in [5, 5.41) is 3.27. The minimum Gasteiger partial charge on any atom is -0.350 e. The van der Waals surface area contributed by atoms with Gasteiger partial charge in [-0.15, -0.1) is 0 Å². The van der Waals surface area contributed by atoms with Crippen molar-refractivity contribution < 1.29 is 9.59 Å². The zero-order valence-corrected chi connectivity index (χ0v) is 13.8. The molecule has 1 aliphatic heterocycles. The molecule has 0 unspecified atom stereocenters. The number of halogens is 3. The Balaban J connectivity index is 1.96. The smallest absolute Gasteiger partial charge is 0.283 e. The predicted octanol–water partition coefficient (Wildman–Crippen LogP) is 4.43. The zero-order valence-electron chi connectivity index (χ0n) is 11.5. The Kier molecular flexibility index (Phi) is 4.31. The summed E-state index contributed by atoms with van der Waals surface area (Å²) in [4.78, 5) is 25.8. The van der Waals surface area contributed by atoms with Crippen LogP contribution >= 0.6 is 34.8 Å². The van der Waals surface area contributed by atoms with Crippen LogP contribution in [0.2, 0.25) is 10.0 Å². The van der Waals surface area contributed by atoms with Crippen molar-refractivity contribution in [2.75, 3.05) is 10.2 Å². The molecule has 0 saturated carbocycles. The van der Waals surface area contributed by atoms with Crippen LogP contribution < -0.4 is 10.2 Å². The molecular weight excluding hydrogens is 359 g/mol. The molecule has 0 bridgehead atoms. The van der Waals surface area contributed by atoms with E-state index in [1.165, 1.54) is 12.1 Å². The largest absolute Gasteiger partial charge is 0.350 e. The van der Waals surface area contributed by atoms with Crippen molar-refractivity contribution in [3.8, 4) is 0 Å².